The number of rotatable bonds is 12. The number of nitriles is 1. The van der Waals surface area contributed by atoms with Crippen molar-refractivity contribution in [3.63, 3.8) is 0 Å². The van der Waals surface area contributed by atoms with E-state index in [-0.39, 0.29) is 0 Å². The topological polar surface area (TPSA) is 81.0 Å². The Morgan fingerprint density at radius 1 is 0.889 bits per heavy atom. The van der Waals surface area contributed by atoms with Gasteiger partial charge in [0.1, 0.15) is 0 Å². The first-order chi connectivity index (χ1) is 12.6. The smallest absolute Gasteiger partial charge is 0.330 e. The minimum atomic E-state index is -2.77. The lowest BCUT2D eigenvalue weighted by molar-refractivity contribution is 0.192. The van der Waals surface area contributed by atoms with Crippen LogP contribution in [0.1, 0.15) is 53.4 Å². The van der Waals surface area contributed by atoms with E-state index in [9.17, 15) is 4.57 Å². The first-order valence-electron chi connectivity index (χ1n) is 9.42. The number of methoxy groups -OCH3 is 2. The van der Waals surface area contributed by atoms with Gasteiger partial charge in [-0.1, -0.05) is 6.42 Å². The Bertz CT molecular complexity index is 371. The highest BCUT2D eigenvalue weighted by Gasteiger charge is 2.19. The maximum atomic E-state index is 11.5. The standard InChI is InChI=1S/C8H19O4P.C7H17N.C4H7NO/c1-10-7-5-4-6-8-13(9,11-2)12-3;1-6(2)8(5)7(3)4;1-6-4-2-3-5/h4-8H2,1-3H3;6-7H,1-5H3;2,4H2,1H3. The van der Waals surface area contributed by atoms with E-state index < -0.39 is 7.60 Å². The second-order valence-electron chi connectivity index (χ2n) is 6.51. The van der Waals surface area contributed by atoms with Crippen LogP contribution in [0.3, 0.4) is 0 Å². The Hall–Kier alpha value is -0.480. The molecule has 0 atom stereocenters. The molecule has 0 fully saturated rings. The number of ether oxygens (including phenoxy) is 2. The van der Waals surface area contributed by atoms with Gasteiger partial charge in [-0.15, -0.1) is 0 Å². The lowest BCUT2D eigenvalue weighted by Crippen LogP contribution is -2.32. The van der Waals surface area contributed by atoms with Gasteiger partial charge in [-0.3, -0.25) is 4.57 Å². The summed E-state index contributed by atoms with van der Waals surface area (Å²) in [5, 5.41) is 7.87. The fourth-order valence-electron chi connectivity index (χ4n) is 1.73. The molecule has 0 radical (unpaired) electrons. The number of nitrogens with zero attached hydrogens (tertiary/aromatic N) is 2. The molecule has 0 unspecified atom stereocenters. The van der Waals surface area contributed by atoms with Gasteiger partial charge in [0.05, 0.1) is 25.3 Å². The van der Waals surface area contributed by atoms with E-state index in [2.05, 4.69) is 44.4 Å². The zero-order valence-electron chi connectivity index (χ0n) is 19.0. The molecule has 0 spiro atoms. The third-order valence-electron chi connectivity index (χ3n) is 3.88. The van der Waals surface area contributed by atoms with E-state index in [1.165, 1.54) is 14.2 Å². The summed E-state index contributed by atoms with van der Waals surface area (Å²) in [6, 6.07) is 3.30. The van der Waals surface area contributed by atoms with Gasteiger partial charge in [0.25, 0.3) is 0 Å². The maximum absolute atomic E-state index is 11.5. The zero-order chi connectivity index (χ0) is 21.7. The molecule has 0 aromatic rings. The first kappa shape index (κ1) is 31.2. The Morgan fingerprint density at radius 2 is 1.37 bits per heavy atom. The van der Waals surface area contributed by atoms with Gasteiger partial charge in [0.2, 0.25) is 0 Å². The molecule has 0 aliphatic carbocycles. The molecule has 0 aliphatic heterocycles. The number of hydrogen-bond acceptors (Lipinski definition) is 7. The molecule has 0 heterocycles. The van der Waals surface area contributed by atoms with Crippen molar-refractivity contribution in [2.24, 2.45) is 0 Å². The van der Waals surface area contributed by atoms with Crippen molar-refractivity contribution in [1.82, 2.24) is 4.90 Å². The summed E-state index contributed by atoms with van der Waals surface area (Å²) in [4.78, 5) is 2.33. The van der Waals surface area contributed by atoms with Crippen LogP contribution in [0.5, 0.6) is 0 Å². The van der Waals surface area contributed by atoms with E-state index >= 15 is 0 Å². The average Bonchev–Trinajstić information content (AvgIpc) is 2.66. The van der Waals surface area contributed by atoms with Crippen molar-refractivity contribution in [3.8, 4) is 6.07 Å². The van der Waals surface area contributed by atoms with Gasteiger partial charge < -0.3 is 23.4 Å². The highest BCUT2D eigenvalue weighted by Crippen LogP contribution is 2.46. The average molecular weight is 411 g/mol. The second-order valence-corrected chi connectivity index (χ2v) is 8.91. The molecule has 7 nitrogen and oxygen atoms in total. The Labute approximate surface area is 167 Å². The third kappa shape index (κ3) is 23.5. The van der Waals surface area contributed by atoms with Gasteiger partial charge in [-0.2, -0.15) is 5.26 Å². The van der Waals surface area contributed by atoms with Gasteiger partial charge in [0, 0.05) is 47.1 Å². The Balaban J connectivity index is -0.000000351. The predicted molar refractivity (Wildman–Crippen MR) is 112 cm³/mol. The third-order valence-corrected chi connectivity index (χ3v) is 5.86. The van der Waals surface area contributed by atoms with Crippen LogP contribution < -0.4 is 0 Å². The molecule has 0 N–H and O–H groups in total. The van der Waals surface area contributed by atoms with Crippen molar-refractivity contribution in [3.05, 3.63) is 0 Å². The molecule has 0 aliphatic rings. The Kier molecular flexibility index (Phi) is 25.2. The largest absolute Gasteiger partial charge is 0.385 e. The summed E-state index contributed by atoms with van der Waals surface area (Å²) >= 11 is 0. The van der Waals surface area contributed by atoms with Crippen LogP contribution in [0.15, 0.2) is 0 Å². The lowest BCUT2D eigenvalue weighted by Gasteiger charge is -2.24. The molecule has 8 heteroatoms. The summed E-state index contributed by atoms with van der Waals surface area (Å²) in [6.07, 6.45) is 3.82. The van der Waals surface area contributed by atoms with Crippen LogP contribution in [0.2, 0.25) is 0 Å². The maximum Gasteiger partial charge on any atom is 0.330 e. The molecule has 0 aromatic carbocycles. The van der Waals surface area contributed by atoms with Crippen molar-refractivity contribution in [2.75, 3.05) is 54.9 Å². The molecule has 0 amide bonds. The summed E-state index contributed by atoms with van der Waals surface area (Å²) in [5.74, 6) is 0. The normalized spacial score (nSPS) is 10.9. The quantitative estimate of drug-likeness (QED) is 0.344. The van der Waals surface area contributed by atoms with Crippen molar-refractivity contribution < 1.29 is 23.1 Å². The van der Waals surface area contributed by atoms with E-state index in [1.807, 2.05) is 6.07 Å². The minimum absolute atomic E-state index is 0.490. The zero-order valence-corrected chi connectivity index (χ0v) is 19.9. The number of hydrogen-bond donors (Lipinski definition) is 0. The lowest BCUT2D eigenvalue weighted by atomic mass is 10.3. The molecule has 0 saturated carbocycles. The molecular weight excluding hydrogens is 367 g/mol. The Morgan fingerprint density at radius 3 is 1.63 bits per heavy atom. The summed E-state index contributed by atoms with van der Waals surface area (Å²) < 4.78 is 30.6. The van der Waals surface area contributed by atoms with Crippen LogP contribution in [0.4, 0.5) is 0 Å². The molecule has 0 bridgehead atoms. The molecule has 0 aromatic heterocycles. The summed E-state index contributed by atoms with van der Waals surface area (Å²) in [5.41, 5.74) is 0. The molecule has 0 saturated heterocycles. The summed E-state index contributed by atoms with van der Waals surface area (Å²) in [6.45, 7) is 10.1. The van der Waals surface area contributed by atoms with Crippen molar-refractivity contribution in [1.29, 1.82) is 5.26 Å². The van der Waals surface area contributed by atoms with Gasteiger partial charge in [-0.05, 0) is 47.6 Å². The molecular formula is C19H43N2O5P. The molecule has 0 rings (SSSR count). The van der Waals surface area contributed by atoms with Gasteiger partial charge >= 0.3 is 7.60 Å². The first-order valence-corrected chi connectivity index (χ1v) is 11.2. The monoisotopic (exact) mass is 410 g/mol. The highest BCUT2D eigenvalue weighted by molar-refractivity contribution is 7.53. The van der Waals surface area contributed by atoms with Crippen LogP contribution >= 0.6 is 7.60 Å². The van der Waals surface area contributed by atoms with Crippen molar-refractivity contribution >= 4 is 7.60 Å². The van der Waals surface area contributed by atoms with Gasteiger partial charge in [-0.25, -0.2) is 0 Å². The van der Waals surface area contributed by atoms with Crippen LogP contribution in [0, 0.1) is 11.3 Å². The fourth-order valence-corrected chi connectivity index (χ4v) is 2.85. The minimum Gasteiger partial charge on any atom is -0.385 e. The van der Waals surface area contributed by atoms with E-state index in [0.29, 0.717) is 31.3 Å². The molecule has 27 heavy (non-hydrogen) atoms. The predicted octanol–water partition coefficient (Wildman–Crippen LogP) is 4.57. The van der Waals surface area contributed by atoms with Crippen LogP contribution in [0.25, 0.3) is 0 Å². The van der Waals surface area contributed by atoms with Gasteiger partial charge in [0.15, 0.2) is 0 Å². The SMILES string of the molecule is CC(C)N(C)C(C)C.COCCC#N.COCCCCCP(=O)(OC)OC. The highest BCUT2D eigenvalue weighted by atomic mass is 31.2. The van der Waals surface area contributed by atoms with Crippen LogP contribution in [-0.2, 0) is 23.1 Å². The van der Waals surface area contributed by atoms with Crippen molar-refractivity contribution in [2.45, 2.75) is 65.5 Å². The van der Waals surface area contributed by atoms with Crippen LogP contribution in [-0.4, -0.2) is 71.8 Å². The number of unbranched alkanes of at least 4 members (excludes halogenated alkanes) is 2. The van der Waals surface area contributed by atoms with E-state index in [1.54, 1.807) is 14.2 Å². The second kappa shape index (κ2) is 21.8. The van der Waals surface area contributed by atoms with E-state index in [0.717, 1.165) is 25.9 Å². The molecule has 164 valence electrons. The van der Waals surface area contributed by atoms with E-state index in [4.69, 9.17) is 19.0 Å². The summed E-state index contributed by atoms with van der Waals surface area (Å²) in [7, 11) is 5.47. The fraction of sp³-hybridized carbons (Fsp3) is 0.947.